The van der Waals surface area contributed by atoms with E-state index in [0.717, 1.165) is 53.7 Å². The lowest BCUT2D eigenvalue weighted by atomic mass is 9.98. The molecule has 3 aromatic heterocycles. The molecule has 1 aliphatic heterocycles. The molecular weight excluding hydrogens is 398 g/mol. The number of anilines is 2. The van der Waals surface area contributed by atoms with Gasteiger partial charge < -0.3 is 16.0 Å². The summed E-state index contributed by atoms with van der Waals surface area (Å²) in [5, 5.41) is 15.1. The van der Waals surface area contributed by atoms with Crippen LogP contribution in [0.4, 0.5) is 11.6 Å². The summed E-state index contributed by atoms with van der Waals surface area (Å²) in [5.41, 5.74) is 5.25. The molecule has 4 aromatic rings. The van der Waals surface area contributed by atoms with Gasteiger partial charge in [-0.15, -0.1) is 0 Å². The van der Waals surface area contributed by atoms with Crippen molar-refractivity contribution < 1.29 is 0 Å². The normalized spacial score (nSPS) is 14.5. The van der Waals surface area contributed by atoms with E-state index >= 15 is 0 Å². The first kappa shape index (κ1) is 20.5. The van der Waals surface area contributed by atoms with Crippen molar-refractivity contribution in [3.05, 3.63) is 72.1 Å². The van der Waals surface area contributed by atoms with Crippen molar-refractivity contribution in [3.8, 4) is 11.3 Å². The topological polar surface area (TPSA) is 79.2 Å². The fourth-order valence-corrected chi connectivity index (χ4v) is 4.14. The van der Waals surface area contributed by atoms with E-state index in [2.05, 4.69) is 56.4 Å². The summed E-state index contributed by atoms with van der Waals surface area (Å²) >= 11 is 0. The summed E-state index contributed by atoms with van der Waals surface area (Å²) in [7, 11) is 0. The summed E-state index contributed by atoms with van der Waals surface area (Å²) in [6.45, 7) is 5.91. The molecule has 5 rings (SSSR count). The van der Waals surface area contributed by atoms with Gasteiger partial charge in [-0.25, -0.2) is 4.98 Å². The molecule has 0 radical (unpaired) electrons. The quantitative estimate of drug-likeness (QED) is 0.412. The Hall–Kier alpha value is -3.45. The smallest absolute Gasteiger partial charge is 0.162 e. The largest absolute Gasteiger partial charge is 0.370 e. The average molecular weight is 428 g/mol. The Morgan fingerprint density at radius 1 is 1.06 bits per heavy atom. The Labute approximate surface area is 188 Å². The molecule has 0 unspecified atom stereocenters. The summed E-state index contributed by atoms with van der Waals surface area (Å²) in [5.74, 6) is 2.52. The van der Waals surface area contributed by atoms with Crippen LogP contribution in [0.3, 0.4) is 0 Å². The van der Waals surface area contributed by atoms with E-state index in [4.69, 9.17) is 4.98 Å². The highest BCUT2D eigenvalue weighted by molar-refractivity contribution is 5.61. The van der Waals surface area contributed by atoms with Crippen LogP contribution >= 0.6 is 0 Å². The van der Waals surface area contributed by atoms with Crippen molar-refractivity contribution in [2.24, 2.45) is 5.92 Å². The third kappa shape index (κ3) is 4.57. The molecule has 164 valence electrons. The number of aromatic nitrogens is 4. The summed E-state index contributed by atoms with van der Waals surface area (Å²) < 4.78 is 1.88. The van der Waals surface area contributed by atoms with Crippen molar-refractivity contribution in [2.75, 3.05) is 30.3 Å². The first-order chi connectivity index (χ1) is 15.8. The van der Waals surface area contributed by atoms with E-state index in [1.807, 2.05) is 42.0 Å². The fraction of sp³-hybridized carbons (Fsp3) is 0.320. The summed E-state index contributed by atoms with van der Waals surface area (Å²) in [6.07, 6.45) is 6.11. The van der Waals surface area contributed by atoms with Gasteiger partial charge in [0.15, 0.2) is 5.65 Å². The molecular formula is C25H29N7. The van der Waals surface area contributed by atoms with Gasteiger partial charge in [0.2, 0.25) is 0 Å². The molecule has 1 saturated heterocycles. The van der Waals surface area contributed by atoms with Crippen LogP contribution in [-0.4, -0.2) is 39.2 Å². The van der Waals surface area contributed by atoms with Crippen LogP contribution in [0.2, 0.25) is 0 Å². The number of nitrogens with one attached hydrogen (secondary N) is 3. The predicted octanol–water partition coefficient (Wildman–Crippen LogP) is 4.12. The number of piperidine rings is 1. The number of fused-ring (bicyclic) bond motifs is 1. The predicted molar refractivity (Wildman–Crippen MR) is 129 cm³/mol. The molecule has 0 aliphatic carbocycles. The SMILES string of the molecule is Cc1cnn2c(NCc3ccc(-c4ccccn4)cc3)cc(NCC3CCNCC3)nc12. The maximum atomic E-state index is 4.81. The van der Waals surface area contributed by atoms with Crippen molar-refractivity contribution in [1.29, 1.82) is 0 Å². The molecule has 0 saturated carbocycles. The van der Waals surface area contributed by atoms with Crippen LogP contribution in [0, 0.1) is 12.8 Å². The van der Waals surface area contributed by atoms with E-state index < -0.39 is 0 Å². The van der Waals surface area contributed by atoms with Gasteiger partial charge in [-0.2, -0.15) is 9.61 Å². The van der Waals surface area contributed by atoms with E-state index in [9.17, 15) is 0 Å². The number of pyridine rings is 1. The highest BCUT2D eigenvalue weighted by Gasteiger charge is 2.14. The molecule has 1 aromatic carbocycles. The van der Waals surface area contributed by atoms with Gasteiger partial charge >= 0.3 is 0 Å². The van der Waals surface area contributed by atoms with Gasteiger partial charge in [-0.3, -0.25) is 4.98 Å². The molecule has 7 nitrogen and oxygen atoms in total. The molecule has 0 atom stereocenters. The van der Waals surface area contributed by atoms with Crippen molar-refractivity contribution in [1.82, 2.24) is 24.9 Å². The number of nitrogens with zero attached hydrogens (tertiary/aromatic N) is 4. The Kier molecular flexibility index (Phi) is 5.98. The minimum atomic E-state index is 0.689. The van der Waals surface area contributed by atoms with Crippen molar-refractivity contribution in [2.45, 2.75) is 26.3 Å². The Bertz CT molecular complexity index is 1160. The van der Waals surface area contributed by atoms with Gasteiger partial charge in [-0.1, -0.05) is 30.3 Å². The average Bonchev–Trinajstić information content (AvgIpc) is 3.23. The lowest BCUT2D eigenvalue weighted by molar-refractivity contribution is 0.389. The number of benzene rings is 1. The maximum absolute atomic E-state index is 4.81. The van der Waals surface area contributed by atoms with E-state index in [1.165, 1.54) is 18.4 Å². The summed E-state index contributed by atoms with van der Waals surface area (Å²) in [6, 6.07) is 16.5. The van der Waals surface area contributed by atoms with E-state index in [1.54, 1.807) is 0 Å². The first-order valence-corrected chi connectivity index (χ1v) is 11.3. The maximum Gasteiger partial charge on any atom is 0.162 e. The van der Waals surface area contributed by atoms with Gasteiger partial charge in [0.25, 0.3) is 0 Å². The lowest BCUT2D eigenvalue weighted by Crippen LogP contribution is -2.31. The van der Waals surface area contributed by atoms with Crippen molar-refractivity contribution in [3.63, 3.8) is 0 Å². The van der Waals surface area contributed by atoms with Crippen LogP contribution in [0.15, 0.2) is 60.9 Å². The van der Waals surface area contributed by atoms with Gasteiger partial charge in [-0.05, 0) is 56.5 Å². The second-order valence-electron chi connectivity index (χ2n) is 8.43. The second kappa shape index (κ2) is 9.36. The number of aryl methyl sites for hydroxylation is 1. The van der Waals surface area contributed by atoms with Crippen LogP contribution in [0.5, 0.6) is 0 Å². The number of hydrogen-bond acceptors (Lipinski definition) is 6. The minimum Gasteiger partial charge on any atom is -0.370 e. The van der Waals surface area contributed by atoms with E-state index in [0.29, 0.717) is 12.5 Å². The zero-order valence-corrected chi connectivity index (χ0v) is 18.4. The van der Waals surface area contributed by atoms with Gasteiger partial charge in [0.1, 0.15) is 11.6 Å². The van der Waals surface area contributed by atoms with Gasteiger partial charge in [0, 0.05) is 36.5 Å². The third-order valence-electron chi connectivity index (χ3n) is 6.07. The minimum absolute atomic E-state index is 0.689. The van der Waals surface area contributed by atoms with Crippen molar-refractivity contribution >= 4 is 17.3 Å². The van der Waals surface area contributed by atoms with Gasteiger partial charge in [0.05, 0.1) is 11.9 Å². The number of hydrogen-bond donors (Lipinski definition) is 3. The van der Waals surface area contributed by atoms with Crippen LogP contribution < -0.4 is 16.0 Å². The standard InChI is InChI=1S/C25H29N7/c1-18-15-30-32-24(14-23(31-25(18)32)28-16-20-9-12-26-13-10-20)29-17-19-5-7-21(8-6-19)22-4-2-3-11-27-22/h2-8,11,14-15,20,26,29H,9-10,12-13,16-17H2,1H3,(H,28,31). The Balaban J connectivity index is 1.30. The van der Waals surface area contributed by atoms with Crippen LogP contribution in [-0.2, 0) is 6.54 Å². The molecule has 0 amide bonds. The molecule has 0 bridgehead atoms. The molecule has 4 heterocycles. The number of rotatable bonds is 7. The molecule has 3 N–H and O–H groups in total. The Morgan fingerprint density at radius 3 is 2.69 bits per heavy atom. The molecule has 1 aliphatic rings. The Morgan fingerprint density at radius 2 is 1.91 bits per heavy atom. The molecule has 0 spiro atoms. The zero-order valence-electron chi connectivity index (χ0n) is 18.4. The zero-order chi connectivity index (χ0) is 21.8. The van der Waals surface area contributed by atoms with E-state index in [-0.39, 0.29) is 0 Å². The third-order valence-corrected chi connectivity index (χ3v) is 6.07. The van der Waals surface area contributed by atoms with Crippen LogP contribution in [0.1, 0.15) is 24.0 Å². The monoisotopic (exact) mass is 427 g/mol. The fourth-order valence-electron chi connectivity index (χ4n) is 4.14. The molecule has 1 fully saturated rings. The summed E-state index contributed by atoms with van der Waals surface area (Å²) in [4.78, 5) is 9.23. The molecule has 7 heteroatoms. The first-order valence-electron chi connectivity index (χ1n) is 11.3. The second-order valence-corrected chi connectivity index (χ2v) is 8.43. The highest BCUT2D eigenvalue weighted by atomic mass is 15.3. The molecule has 32 heavy (non-hydrogen) atoms. The van der Waals surface area contributed by atoms with Crippen LogP contribution in [0.25, 0.3) is 16.9 Å². The highest BCUT2D eigenvalue weighted by Crippen LogP contribution is 2.22. The lowest BCUT2D eigenvalue weighted by Gasteiger charge is -2.23.